The molecule has 3 aromatic heterocycles. The Kier molecular flexibility index (Phi) is 6.99. The number of amides is 1. The number of anilines is 1. The van der Waals surface area contributed by atoms with Gasteiger partial charge in [-0.1, -0.05) is 17.7 Å². The molecule has 30 heavy (non-hydrogen) atoms. The van der Waals surface area contributed by atoms with Crippen molar-refractivity contribution in [2.45, 2.75) is 24.5 Å². The van der Waals surface area contributed by atoms with Crippen molar-refractivity contribution in [2.24, 2.45) is 0 Å². The van der Waals surface area contributed by atoms with Crippen LogP contribution < -0.4 is 4.90 Å². The number of carbonyl (C=O) groups is 1. The first kappa shape index (κ1) is 22.1. The first-order valence-electron chi connectivity index (χ1n) is 8.92. The second kappa shape index (κ2) is 9.48. The van der Waals surface area contributed by atoms with Gasteiger partial charge in [0, 0.05) is 24.9 Å². The van der Waals surface area contributed by atoms with Crippen molar-refractivity contribution in [3.8, 4) is 5.69 Å². The maximum absolute atomic E-state index is 12.8. The highest BCUT2D eigenvalue weighted by molar-refractivity contribution is 7.99. The lowest BCUT2D eigenvalue weighted by atomic mass is 10.3. The van der Waals surface area contributed by atoms with Crippen LogP contribution in [0.1, 0.15) is 19.0 Å². The number of halogens is 4. The molecule has 0 saturated carbocycles. The Morgan fingerprint density at radius 2 is 2.07 bits per heavy atom. The van der Waals surface area contributed by atoms with Gasteiger partial charge >= 0.3 is 6.18 Å². The van der Waals surface area contributed by atoms with Crippen LogP contribution in [0.2, 0.25) is 5.15 Å². The summed E-state index contributed by atoms with van der Waals surface area (Å²) in [7, 11) is 0. The van der Waals surface area contributed by atoms with Crippen molar-refractivity contribution < 1.29 is 18.0 Å². The highest BCUT2D eigenvalue weighted by Gasteiger charge is 2.32. The minimum atomic E-state index is -4.50. The van der Waals surface area contributed by atoms with Crippen LogP contribution in [0.15, 0.2) is 53.9 Å². The fourth-order valence-electron chi connectivity index (χ4n) is 2.66. The molecule has 0 aliphatic heterocycles. The lowest BCUT2D eigenvalue weighted by Gasteiger charge is -2.19. The summed E-state index contributed by atoms with van der Waals surface area (Å²) >= 11 is 7.32. The summed E-state index contributed by atoms with van der Waals surface area (Å²) in [5, 5.41) is 4.60. The monoisotopic (exact) mass is 455 g/mol. The molecule has 0 bridgehead atoms. The van der Waals surface area contributed by atoms with Gasteiger partial charge in [0.25, 0.3) is 0 Å². The number of thioether (sulfide) groups is 1. The van der Waals surface area contributed by atoms with Crippen LogP contribution in [0.4, 0.5) is 18.9 Å². The van der Waals surface area contributed by atoms with E-state index in [1.54, 1.807) is 37.6 Å². The molecular weight excluding hydrogens is 439 g/mol. The molecule has 158 valence electrons. The van der Waals surface area contributed by atoms with Crippen molar-refractivity contribution in [1.82, 2.24) is 19.7 Å². The number of pyridine rings is 2. The van der Waals surface area contributed by atoms with Gasteiger partial charge in [0.05, 0.1) is 23.1 Å². The number of nitrogens with zero attached hydrogens (tertiary/aromatic N) is 5. The summed E-state index contributed by atoms with van der Waals surface area (Å²) in [5.41, 5.74) is 0.194. The molecule has 0 saturated heterocycles. The Hall–Kier alpha value is -2.59. The predicted molar refractivity (Wildman–Crippen MR) is 109 cm³/mol. The van der Waals surface area contributed by atoms with Crippen LogP contribution in [-0.4, -0.2) is 38.0 Å². The lowest BCUT2D eigenvalue weighted by molar-refractivity contribution is -0.141. The molecule has 6 nitrogen and oxygen atoms in total. The smallest absolute Gasteiger partial charge is 0.308 e. The Morgan fingerprint density at radius 3 is 2.73 bits per heavy atom. The maximum atomic E-state index is 12.8. The molecule has 0 fully saturated rings. The van der Waals surface area contributed by atoms with E-state index in [0.29, 0.717) is 17.9 Å². The zero-order valence-electron chi connectivity index (χ0n) is 15.8. The molecule has 3 rings (SSSR count). The van der Waals surface area contributed by atoms with Crippen LogP contribution in [-0.2, 0) is 11.0 Å². The first-order valence-corrected chi connectivity index (χ1v) is 10.3. The van der Waals surface area contributed by atoms with Gasteiger partial charge in [-0.25, -0.2) is 9.67 Å². The Morgan fingerprint density at radius 1 is 1.27 bits per heavy atom. The summed E-state index contributed by atoms with van der Waals surface area (Å²) in [6.45, 7) is 2.17. The van der Waals surface area contributed by atoms with Crippen LogP contribution >= 0.6 is 23.4 Å². The Bertz CT molecular complexity index is 1010. The van der Waals surface area contributed by atoms with Gasteiger partial charge in [-0.2, -0.15) is 18.3 Å². The van der Waals surface area contributed by atoms with Crippen LogP contribution in [0.3, 0.4) is 0 Å². The average molecular weight is 456 g/mol. The van der Waals surface area contributed by atoms with E-state index in [0.717, 1.165) is 17.8 Å². The summed E-state index contributed by atoms with van der Waals surface area (Å²) in [5.74, 6) is 0.0578. The van der Waals surface area contributed by atoms with Gasteiger partial charge in [0.15, 0.2) is 5.15 Å². The van der Waals surface area contributed by atoms with Crippen LogP contribution in [0.5, 0.6) is 0 Å². The number of hydrogen-bond donors (Lipinski definition) is 0. The third kappa shape index (κ3) is 5.31. The topological polar surface area (TPSA) is 63.9 Å². The second-order valence-electron chi connectivity index (χ2n) is 6.06. The third-order valence-corrected chi connectivity index (χ3v) is 5.25. The molecule has 0 aromatic carbocycles. The first-order chi connectivity index (χ1) is 14.3. The van der Waals surface area contributed by atoms with Crippen molar-refractivity contribution in [3.05, 3.63) is 59.8 Å². The minimum Gasteiger partial charge on any atom is -0.308 e. The van der Waals surface area contributed by atoms with Gasteiger partial charge in [-0.05, 0) is 31.2 Å². The zero-order chi connectivity index (χ0) is 21.7. The second-order valence-corrected chi connectivity index (χ2v) is 7.53. The molecule has 3 aromatic rings. The molecule has 0 N–H and O–H groups in total. The molecular formula is C19H17ClF3N5OS. The Balaban J connectivity index is 1.65. The van der Waals surface area contributed by atoms with E-state index >= 15 is 0 Å². The molecule has 0 aliphatic rings. The van der Waals surface area contributed by atoms with E-state index < -0.39 is 11.9 Å². The van der Waals surface area contributed by atoms with E-state index in [9.17, 15) is 18.0 Å². The largest absolute Gasteiger partial charge is 0.433 e. The van der Waals surface area contributed by atoms with Crippen LogP contribution in [0.25, 0.3) is 5.69 Å². The van der Waals surface area contributed by atoms with Gasteiger partial charge in [0.1, 0.15) is 11.4 Å². The fourth-order valence-corrected chi connectivity index (χ4v) is 3.71. The molecule has 0 atom stereocenters. The van der Waals surface area contributed by atoms with Crippen LogP contribution in [0, 0.1) is 0 Å². The van der Waals surface area contributed by atoms with E-state index in [1.165, 1.54) is 21.7 Å². The summed E-state index contributed by atoms with van der Waals surface area (Å²) < 4.78 is 39.8. The summed E-state index contributed by atoms with van der Waals surface area (Å²) in [6.07, 6.45) is 0.488. The highest BCUT2D eigenvalue weighted by atomic mass is 35.5. The van der Waals surface area contributed by atoms with Gasteiger partial charge in [-0.3, -0.25) is 9.78 Å². The summed E-state index contributed by atoms with van der Waals surface area (Å²) in [4.78, 5) is 21.8. The fraction of sp³-hybridized carbons (Fsp3) is 0.263. The number of carbonyl (C=O) groups excluding carboxylic acids is 1. The molecule has 11 heteroatoms. The van der Waals surface area contributed by atoms with E-state index in [1.807, 2.05) is 0 Å². The quantitative estimate of drug-likeness (QED) is 0.475. The minimum absolute atomic E-state index is 0.102. The van der Waals surface area contributed by atoms with Gasteiger partial charge in [-0.15, -0.1) is 11.8 Å². The van der Waals surface area contributed by atoms with E-state index in [4.69, 9.17) is 11.6 Å². The molecule has 1 amide bonds. The van der Waals surface area contributed by atoms with Gasteiger partial charge in [0.2, 0.25) is 5.91 Å². The van der Waals surface area contributed by atoms with Crippen molar-refractivity contribution >= 4 is 35.0 Å². The predicted octanol–water partition coefficient (Wildman–Crippen LogP) is 4.87. The Labute approximate surface area is 180 Å². The number of alkyl halides is 3. The number of hydrogen-bond acceptors (Lipinski definition) is 5. The van der Waals surface area contributed by atoms with Gasteiger partial charge < -0.3 is 4.90 Å². The SMILES string of the molecule is CCN(C(=O)CCSc1cccc(C(F)(F)F)n1)c1cn(-c2cccnc2)nc1Cl. The molecule has 0 radical (unpaired) electrons. The average Bonchev–Trinajstić information content (AvgIpc) is 3.10. The number of rotatable bonds is 7. The molecule has 3 heterocycles. The van der Waals surface area contributed by atoms with E-state index in [2.05, 4.69) is 15.1 Å². The molecule has 0 unspecified atom stereocenters. The standard InChI is InChI=1S/C19H17ClF3N5OS/c1-2-27(14-12-28(26-18(14)20)13-5-4-9-24-11-13)17(29)8-10-30-16-7-3-6-15(25-16)19(21,22)23/h3-7,9,11-12H,2,8,10H2,1H3. The third-order valence-electron chi connectivity index (χ3n) is 4.05. The zero-order valence-corrected chi connectivity index (χ0v) is 17.4. The highest BCUT2D eigenvalue weighted by Crippen LogP contribution is 2.30. The van der Waals surface area contributed by atoms with Crippen molar-refractivity contribution in [2.75, 3.05) is 17.2 Å². The summed E-state index contributed by atoms with van der Waals surface area (Å²) in [6, 6.07) is 7.25. The molecule has 0 aliphatic carbocycles. The maximum Gasteiger partial charge on any atom is 0.433 e. The number of aromatic nitrogens is 4. The van der Waals surface area contributed by atoms with Crippen molar-refractivity contribution in [3.63, 3.8) is 0 Å². The van der Waals surface area contributed by atoms with E-state index in [-0.39, 0.29) is 28.3 Å². The normalized spacial score (nSPS) is 11.5. The lowest BCUT2D eigenvalue weighted by Crippen LogP contribution is -2.30. The molecule has 0 spiro atoms. The van der Waals surface area contributed by atoms with Crippen molar-refractivity contribution in [1.29, 1.82) is 0 Å².